The van der Waals surface area contributed by atoms with Gasteiger partial charge in [-0.15, -0.1) is 0 Å². The summed E-state index contributed by atoms with van der Waals surface area (Å²) in [6.45, 7) is 12.3. The van der Waals surface area contributed by atoms with E-state index in [1.54, 1.807) is 0 Å². The smallest absolute Gasteiger partial charge is 0.220 e. The molecule has 0 aliphatic heterocycles. The van der Waals surface area contributed by atoms with E-state index in [0.717, 1.165) is 18.8 Å². The molecule has 0 aromatic carbocycles. The SMILES string of the molecule is CC(C)(CCN)CCC(=O)NC1CC2CCC1(C)C2(C)C. The van der Waals surface area contributed by atoms with Gasteiger partial charge in [0, 0.05) is 12.5 Å². The summed E-state index contributed by atoms with van der Waals surface area (Å²) in [6.07, 6.45) is 6.29. The number of fused-ring (bicyclic) bond motifs is 2. The number of amides is 1. The van der Waals surface area contributed by atoms with Gasteiger partial charge >= 0.3 is 0 Å². The molecule has 21 heavy (non-hydrogen) atoms. The third-order valence-electron chi connectivity index (χ3n) is 6.98. The Bertz CT molecular complexity index is 402. The Morgan fingerprint density at radius 3 is 2.43 bits per heavy atom. The molecule has 3 nitrogen and oxygen atoms in total. The fourth-order valence-corrected chi connectivity index (χ4v) is 4.66. The molecule has 0 radical (unpaired) electrons. The normalized spacial score (nSPS) is 34.2. The van der Waals surface area contributed by atoms with Gasteiger partial charge in [-0.1, -0.05) is 34.6 Å². The van der Waals surface area contributed by atoms with Gasteiger partial charge in [-0.05, 0) is 60.8 Å². The van der Waals surface area contributed by atoms with E-state index in [1.165, 1.54) is 19.3 Å². The summed E-state index contributed by atoms with van der Waals surface area (Å²) in [5, 5.41) is 3.35. The second-order valence-electron chi connectivity index (χ2n) is 8.93. The van der Waals surface area contributed by atoms with Gasteiger partial charge in [0.25, 0.3) is 0 Å². The molecule has 3 N–H and O–H groups in total. The molecule has 2 aliphatic carbocycles. The first kappa shape index (κ1) is 16.8. The number of rotatable bonds is 6. The summed E-state index contributed by atoms with van der Waals surface area (Å²) in [4.78, 5) is 12.3. The molecule has 3 heteroatoms. The molecule has 2 fully saturated rings. The molecule has 0 aromatic heterocycles. The van der Waals surface area contributed by atoms with Gasteiger partial charge in [0.05, 0.1) is 0 Å². The summed E-state index contributed by atoms with van der Waals surface area (Å²) in [5.41, 5.74) is 6.45. The molecule has 0 heterocycles. The van der Waals surface area contributed by atoms with Crippen LogP contribution in [0.5, 0.6) is 0 Å². The van der Waals surface area contributed by atoms with Gasteiger partial charge in [-0.2, -0.15) is 0 Å². The number of carbonyl (C=O) groups excluding carboxylic acids is 1. The molecule has 2 saturated carbocycles. The number of hydrogen-bond donors (Lipinski definition) is 2. The number of hydrogen-bond acceptors (Lipinski definition) is 2. The van der Waals surface area contributed by atoms with E-state index >= 15 is 0 Å². The Balaban J connectivity index is 1.88. The highest BCUT2D eigenvalue weighted by Crippen LogP contribution is 2.65. The lowest BCUT2D eigenvalue weighted by Crippen LogP contribution is -2.47. The monoisotopic (exact) mass is 294 g/mol. The zero-order chi connectivity index (χ0) is 15.9. The Morgan fingerprint density at radius 2 is 1.95 bits per heavy atom. The van der Waals surface area contributed by atoms with Crippen molar-refractivity contribution >= 4 is 5.91 Å². The minimum absolute atomic E-state index is 0.171. The maximum absolute atomic E-state index is 12.3. The molecule has 1 amide bonds. The van der Waals surface area contributed by atoms with Crippen LogP contribution >= 0.6 is 0 Å². The van der Waals surface area contributed by atoms with Gasteiger partial charge in [0.15, 0.2) is 0 Å². The van der Waals surface area contributed by atoms with Crippen molar-refractivity contribution in [3.63, 3.8) is 0 Å². The van der Waals surface area contributed by atoms with Gasteiger partial charge in [-0.25, -0.2) is 0 Å². The van der Waals surface area contributed by atoms with Crippen LogP contribution in [0, 0.1) is 22.2 Å². The highest BCUT2D eigenvalue weighted by molar-refractivity contribution is 5.76. The Kier molecular flexibility index (Phi) is 4.45. The maximum Gasteiger partial charge on any atom is 0.220 e. The zero-order valence-electron chi connectivity index (χ0n) is 14.6. The summed E-state index contributed by atoms with van der Waals surface area (Å²) in [7, 11) is 0. The van der Waals surface area contributed by atoms with Crippen LogP contribution in [0.4, 0.5) is 0 Å². The first-order chi connectivity index (χ1) is 9.62. The van der Waals surface area contributed by atoms with Gasteiger partial charge in [-0.3, -0.25) is 4.79 Å². The maximum atomic E-state index is 12.3. The van der Waals surface area contributed by atoms with Crippen LogP contribution in [-0.2, 0) is 4.79 Å². The molecule has 2 rings (SSSR count). The predicted octanol–water partition coefficient (Wildman–Crippen LogP) is 3.47. The summed E-state index contributed by atoms with van der Waals surface area (Å²) >= 11 is 0. The van der Waals surface area contributed by atoms with Crippen LogP contribution in [0.25, 0.3) is 0 Å². The number of nitrogens with one attached hydrogen (secondary N) is 1. The van der Waals surface area contributed by atoms with Crippen LogP contribution < -0.4 is 11.1 Å². The fourth-order valence-electron chi connectivity index (χ4n) is 4.66. The predicted molar refractivity (Wildman–Crippen MR) is 87.8 cm³/mol. The van der Waals surface area contributed by atoms with E-state index < -0.39 is 0 Å². The third kappa shape index (κ3) is 2.99. The highest BCUT2D eigenvalue weighted by Gasteiger charge is 2.61. The molecule has 2 aliphatic rings. The molecule has 3 atom stereocenters. The van der Waals surface area contributed by atoms with E-state index in [9.17, 15) is 4.79 Å². The van der Waals surface area contributed by atoms with Crippen molar-refractivity contribution in [2.45, 2.75) is 79.2 Å². The third-order valence-corrected chi connectivity index (χ3v) is 6.98. The number of nitrogens with two attached hydrogens (primary N) is 1. The second kappa shape index (κ2) is 5.57. The molecule has 3 unspecified atom stereocenters. The lowest BCUT2D eigenvalue weighted by molar-refractivity contribution is -0.123. The van der Waals surface area contributed by atoms with Crippen molar-refractivity contribution in [1.29, 1.82) is 0 Å². The van der Waals surface area contributed by atoms with Crippen molar-refractivity contribution in [2.24, 2.45) is 27.9 Å². The standard InChI is InChI=1S/C18H34N2O/c1-16(2,10-11-19)8-7-15(21)20-14-12-13-6-9-18(14,5)17(13,3)4/h13-14H,6-12,19H2,1-5H3,(H,20,21). The fraction of sp³-hybridized carbons (Fsp3) is 0.944. The van der Waals surface area contributed by atoms with Crippen LogP contribution in [0.1, 0.15) is 73.1 Å². The Labute approximate surface area is 130 Å². The molecule has 0 spiro atoms. The lowest BCUT2D eigenvalue weighted by Gasteiger charge is -2.39. The van der Waals surface area contributed by atoms with Crippen molar-refractivity contribution in [3.8, 4) is 0 Å². The van der Waals surface area contributed by atoms with Gasteiger partial charge in [0.2, 0.25) is 5.91 Å². The molecule has 2 bridgehead atoms. The van der Waals surface area contributed by atoms with E-state index in [0.29, 0.717) is 24.4 Å². The van der Waals surface area contributed by atoms with Crippen molar-refractivity contribution in [1.82, 2.24) is 5.32 Å². The van der Waals surface area contributed by atoms with Crippen LogP contribution in [-0.4, -0.2) is 18.5 Å². The Morgan fingerprint density at radius 1 is 1.29 bits per heavy atom. The Hall–Kier alpha value is -0.570. The van der Waals surface area contributed by atoms with Crippen molar-refractivity contribution < 1.29 is 4.79 Å². The van der Waals surface area contributed by atoms with E-state index in [1.807, 2.05) is 0 Å². The summed E-state index contributed by atoms with van der Waals surface area (Å²) in [6, 6.07) is 0.372. The average Bonchev–Trinajstić information content (AvgIpc) is 2.70. The largest absolute Gasteiger partial charge is 0.353 e. The molecule has 0 saturated heterocycles. The first-order valence-electron chi connectivity index (χ1n) is 8.62. The second-order valence-corrected chi connectivity index (χ2v) is 8.93. The van der Waals surface area contributed by atoms with Crippen molar-refractivity contribution in [2.75, 3.05) is 6.54 Å². The average molecular weight is 294 g/mol. The summed E-state index contributed by atoms with van der Waals surface area (Å²) in [5.74, 6) is 1.01. The van der Waals surface area contributed by atoms with E-state index in [2.05, 4.69) is 39.9 Å². The molecule has 0 aromatic rings. The van der Waals surface area contributed by atoms with Crippen LogP contribution in [0.3, 0.4) is 0 Å². The quantitative estimate of drug-likeness (QED) is 0.788. The minimum atomic E-state index is 0.171. The molecular weight excluding hydrogens is 260 g/mol. The zero-order valence-corrected chi connectivity index (χ0v) is 14.6. The molecular formula is C18H34N2O. The van der Waals surface area contributed by atoms with Crippen LogP contribution in [0.15, 0.2) is 0 Å². The lowest BCUT2D eigenvalue weighted by atomic mass is 9.69. The highest BCUT2D eigenvalue weighted by atomic mass is 16.1. The summed E-state index contributed by atoms with van der Waals surface area (Å²) < 4.78 is 0. The first-order valence-corrected chi connectivity index (χ1v) is 8.62. The van der Waals surface area contributed by atoms with Gasteiger partial charge < -0.3 is 11.1 Å². The molecule has 122 valence electrons. The van der Waals surface area contributed by atoms with Crippen molar-refractivity contribution in [3.05, 3.63) is 0 Å². The number of carbonyl (C=O) groups is 1. The van der Waals surface area contributed by atoms with E-state index in [4.69, 9.17) is 5.73 Å². The van der Waals surface area contributed by atoms with Gasteiger partial charge in [0.1, 0.15) is 0 Å². The minimum Gasteiger partial charge on any atom is -0.353 e. The topological polar surface area (TPSA) is 55.1 Å². The van der Waals surface area contributed by atoms with Crippen LogP contribution in [0.2, 0.25) is 0 Å². The van der Waals surface area contributed by atoms with E-state index in [-0.39, 0.29) is 16.7 Å².